The van der Waals surface area contributed by atoms with E-state index in [1.807, 2.05) is 6.07 Å². The molecule has 23 heavy (non-hydrogen) atoms. The lowest BCUT2D eigenvalue weighted by Gasteiger charge is -2.12. The summed E-state index contributed by atoms with van der Waals surface area (Å²) >= 11 is 0. The zero-order valence-corrected chi connectivity index (χ0v) is 13.9. The van der Waals surface area contributed by atoms with Crippen molar-refractivity contribution in [1.29, 1.82) is 0 Å². The molecule has 0 fully saturated rings. The van der Waals surface area contributed by atoms with Gasteiger partial charge in [-0.1, -0.05) is 36.4 Å². The standard InChI is InChI=1S/C17H19NO4S/c1-3-22-17(19)15-10-9-13(2)16(11-15)18-23(20,21)12-14-7-5-4-6-8-14/h4-11,18H,3,12H2,1-2H3. The van der Waals surface area contributed by atoms with E-state index in [4.69, 9.17) is 4.74 Å². The molecule has 0 spiro atoms. The highest BCUT2D eigenvalue weighted by atomic mass is 32.2. The van der Waals surface area contributed by atoms with Gasteiger partial charge in [-0.2, -0.15) is 0 Å². The molecule has 0 aliphatic rings. The summed E-state index contributed by atoms with van der Waals surface area (Å²) in [6.45, 7) is 3.76. The maximum atomic E-state index is 12.3. The minimum Gasteiger partial charge on any atom is -0.462 e. The molecule has 6 heteroatoms. The van der Waals surface area contributed by atoms with E-state index >= 15 is 0 Å². The Morgan fingerprint density at radius 1 is 1.13 bits per heavy atom. The molecule has 0 bridgehead atoms. The molecule has 1 N–H and O–H groups in total. The van der Waals surface area contributed by atoms with Gasteiger partial charge in [0, 0.05) is 0 Å². The normalized spacial score (nSPS) is 11.0. The first-order chi connectivity index (χ1) is 10.9. The van der Waals surface area contributed by atoms with E-state index in [-0.39, 0.29) is 12.4 Å². The number of rotatable bonds is 6. The molecule has 2 aromatic carbocycles. The van der Waals surface area contributed by atoms with Crippen LogP contribution in [-0.4, -0.2) is 21.0 Å². The van der Waals surface area contributed by atoms with Gasteiger partial charge in [-0.3, -0.25) is 4.72 Å². The van der Waals surface area contributed by atoms with Crippen molar-refractivity contribution in [2.24, 2.45) is 0 Å². The van der Waals surface area contributed by atoms with E-state index in [1.54, 1.807) is 50.2 Å². The van der Waals surface area contributed by atoms with E-state index in [0.717, 1.165) is 5.56 Å². The molecule has 0 atom stereocenters. The van der Waals surface area contributed by atoms with Crippen molar-refractivity contribution in [2.45, 2.75) is 19.6 Å². The first-order valence-corrected chi connectivity index (χ1v) is 8.88. The summed E-state index contributed by atoms with van der Waals surface area (Å²) in [5.41, 5.74) is 2.12. The molecule has 0 saturated heterocycles. The minimum absolute atomic E-state index is 0.128. The molecule has 2 aromatic rings. The summed E-state index contributed by atoms with van der Waals surface area (Å²) < 4.78 is 32.1. The number of hydrogen-bond donors (Lipinski definition) is 1. The van der Waals surface area contributed by atoms with Crippen LogP contribution in [0.25, 0.3) is 0 Å². The van der Waals surface area contributed by atoms with Crippen LogP contribution in [0.2, 0.25) is 0 Å². The van der Waals surface area contributed by atoms with Crippen molar-refractivity contribution in [1.82, 2.24) is 0 Å². The van der Waals surface area contributed by atoms with Gasteiger partial charge in [0.2, 0.25) is 10.0 Å². The zero-order chi connectivity index (χ0) is 16.9. The van der Waals surface area contributed by atoms with Crippen LogP contribution in [0.4, 0.5) is 5.69 Å². The van der Waals surface area contributed by atoms with E-state index in [1.165, 1.54) is 6.07 Å². The Balaban J connectivity index is 2.21. The number of esters is 1. The summed E-state index contributed by atoms with van der Waals surface area (Å²) in [7, 11) is -3.57. The molecule has 0 saturated carbocycles. The van der Waals surface area contributed by atoms with Gasteiger partial charge in [0.1, 0.15) is 0 Å². The Bertz CT molecular complexity index is 785. The Morgan fingerprint density at radius 2 is 1.83 bits per heavy atom. The smallest absolute Gasteiger partial charge is 0.338 e. The third-order valence-electron chi connectivity index (χ3n) is 3.21. The Kier molecular flexibility index (Phi) is 5.39. The van der Waals surface area contributed by atoms with Gasteiger partial charge < -0.3 is 4.74 Å². The number of nitrogens with one attached hydrogen (secondary N) is 1. The largest absolute Gasteiger partial charge is 0.462 e. The van der Waals surface area contributed by atoms with Crippen LogP contribution in [0.1, 0.15) is 28.4 Å². The number of anilines is 1. The number of sulfonamides is 1. The van der Waals surface area contributed by atoms with Crippen molar-refractivity contribution in [3.8, 4) is 0 Å². The van der Waals surface area contributed by atoms with Crippen LogP contribution in [0.15, 0.2) is 48.5 Å². The average molecular weight is 333 g/mol. The molecule has 2 rings (SSSR count). The second-order valence-corrected chi connectivity index (χ2v) is 6.82. The number of hydrogen-bond acceptors (Lipinski definition) is 4. The summed E-state index contributed by atoms with van der Waals surface area (Å²) in [5.74, 6) is -0.604. The van der Waals surface area contributed by atoms with E-state index in [0.29, 0.717) is 16.8 Å². The lowest BCUT2D eigenvalue weighted by atomic mass is 10.1. The molecule has 0 radical (unpaired) electrons. The minimum atomic E-state index is -3.57. The number of benzene rings is 2. The van der Waals surface area contributed by atoms with Crippen LogP contribution in [0.3, 0.4) is 0 Å². The van der Waals surface area contributed by atoms with E-state index < -0.39 is 16.0 Å². The predicted octanol–water partition coefficient (Wildman–Crippen LogP) is 3.11. The van der Waals surface area contributed by atoms with Crippen LogP contribution < -0.4 is 4.72 Å². The van der Waals surface area contributed by atoms with Gasteiger partial charge in [-0.15, -0.1) is 0 Å². The van der Waals surface area contributed by atoms with Gasteiger partial charge in [0.25, 0.3) is 0 Å². The fourth-order valence-corrected chi connectivity index (χ4v) is 3.33. The Labute approximate surface area is 136 Å². The first kappa shape index (κ1) is 17.0. The van der Waals surface area contributed by atoms with Gasteiger partial charge >= 0.3 is 5.97 Å². The number of carbonyl (C=O) groups is 1. The maximum absolute atomic E-state index is 12.3. The molecule has 122 valence electrons. The van der Waals surface area contributed by atoms with Crippen LogP contribution in [0.5, 0.6) is 0 Å². The summed E-state index contributed by atoms with van der Waals surface area (Å²) in [6, 6.07) is 13.7. The quantitative estimate of drug-likeness (QED) is 0.825. The molecular weight excluding hydrogens is 314 g/mol. The summed E-state index contributed by atoms with van der Waals surface area (Å²) in [5, 5.41) is 0. The molecule has 0 aliphatic carbocycles. The lowest BCUT2D eigenvalue weighted by Crippen LogP contribution is -2.16. The molecule has 0 aliphatic heterocycles. The highest BCUT2D eigenvalue weighted by Gasteiger charge is 2.15. The topological polar surface area (TPSA) is 72.5 Å². The highest BCUT2D eigenvalue weighted by Crippen LogP contribution is 2.20. The number of ether oxygens (including phenoxy) is 1. The number of aryl methyl sites for hydroxylation is 1. The Hall–Kier alpha value is -2.34. The van der Waals surface area contributed by atoms with Crippen molar-refractivity contribution in [3.63, 3.8) is 0 Å². The third-order valence-corrected chi connectivity index (χ3v) is 4.46. The summed E-state index contributed by atoms with van der Waals surface area (Å²) in [4.78, 5) is 11.8. The van der Waals surface area contributed by atoms with Gasteiger partial charge in [-0.25, -0.2) is 13.2 Å². The first-order valence-electron chi connectivity index (χ1n) is 7.23. The number of carbonyl (C=O) groups excluding carboxylic acids is 1. The average Bonchev–Trinajstić information content (AvgIpc) is 2.50. The maximum Gasteiger partial charge on any atom is 0.338 e. The summed E-state index contributed by atoms with van der Waals surface area (Å²) in [6.07, 6.45) is 0. The zero-order valence-electron chi connectivity index (χ0n) is 13.1. The second kappa shape index (κ2) is 7.28. The molecule has 0 amide bonds. The SMILES string of the molecule is CCOC(=O)c1ccc(C)c(NS(=O)(=O)Cc2ccccc2)c1. The molecule has 0 aromatic heterocycles. The van der Waals surface area contributed by atoms with E-state index in [2.05, 4.69) is 4.72 Å². The molecule has 5 nitrogen and oxygen atoms in total. The lowest BCUT2D eigenvalue weighted by molar-refractivity contribution is 0.0526. The van der Waals surface area contributed by atoms with Gasteiger partial charge in [0.15, 0.2) is 0 Å². The van der Waals surface area contributed by atoms with Crippen molar-refractivity contribution in [2.75, 3.05) is 11.3 Å². The second-order valence-electron chi connectivity index (χ2n) is 5.10. The monoisotopic (exact) mass is 333 g/mol. The van der Waals surface area contributed by atoms with Gasteiger partial charge in [0.05, 0.1) is 23.6 Å². The molecule has 0 heterocycles. The van der Waals surface area contributed by atoms with Crippen molar-refractivity contribution in [3.05, 3.63) is 65.2 Å². The fraction of sp³-hybridized carbons (Fsp3) is 0.235. The van der Waals surface area contributed by atoms with E-state index in [9.17, 15) is 13.2 Å². The van der Waals surface area contributed by atoms with Crippen molar-refractivity contribution < 1.29 is 17.9 Å². The predicted molar refractivity (Wildman–Crippen MR) is 89.8 cm³/mol. The van der Waals surface area contributed by atoms with Crippen LogP contribution >= 0.6 is 0 Å². The Morgan fingerprint density at radius 3 is 2.48 bits per heavy atom. The molecule has 0 unspecified atom stereocenters. The van der Waals surface area contributed by atoms with Gasteiger partial charge in [-0.05, 0) is 37.1 Å². The van der Waals surface area contributed by atoms with Crippen LogP contribution in [-0.2, 0) is 20.5 Å². The molecular formula is C17H19NO4S. The fourth-order valence-electron chi connectivity index (χ4n) is 2.07. The third kappa shape index (κ3) is 4.82. The van der Waals surface area contributed by atoms with Crippen LogP contribution in [0, 0.1) is 6.92 Å². The highest BCUT2D eigenvalue weighted by molar-refractivity contribution is 7.91. The van der Waals surface area contributed by atoms with Crippen molar-refractivity contribution >= 4 is 21.7 Å².